The van der Waals surface area contributed by atoms with Crippen molar-refractivity contribution in [1.29, 1.82) is 0 Å². The molecular formula is C20H20O8. The van der Waals surface area contributed by atoms with Gasteiger partial charge in [0.05, 0.1) is 22.3 Å². The highest BCUT2D eigenvalue weighted by molar-refractivity contribution is 5.95. The number of aromatic carboxylic acids is 4. The maximum absolute atomic E-state index is 10.7. The second kappa shape index (κ2) is 8.81. The van der Waals surface area contributed by atoms with Crippen molar-refractivity contribution in [3.05, 3.63) is 68.8 Å². The third kappa shape index (κ3) is 4.73. The number of carbonyl (C=O) groups is 4. The Morgan fingerprint density at radius 3 is 0.714 bits per heavy atom. The highest BCUT2D eigenvalue weighted by atomic mass is 16.4. The van der Waals surface area contributed by atoms with E-state index in [1.807, 2.05) is 0 Å². The zero-order chi connectivity index (χ0) is 21.8. The van der Waals surface area contributed by atoms with Gasteiger partial charge >= 0.3 is 23.9 Å². The van der Waals surface area contributed by atoms with E-state index in [1.54, 1.807) is 27.7 Å². The molecule has 0 aliphatic heterocycles. The van der Waals surface area contributed by atoms with Crippen LogP contribution in [0.2, 0.25) is 0 Å². The molecule has 2 aromatic carbocycles. The number of hydrogen-bond acceptors (Lipinski definition) is 4. The van der Waals surface area contributed by atoms with Crippen molar-refractivity contribution >= 4 is 23.9 Å². The molecule has 4 N–H and O–H groups in total. The van der Waals surface area contributed by atoms with Gasteiger partial charge in [-0.05, 0) is 74.2 Å². The molecule has 0 saturated carbocycles. The Balaban J connectivity index is 0.000000280. The summed E-state index contributed by atoms with van der Waals surface area (Å²) in [6.45, 7) is 6.41. The van der Waals surface area contributed by atoms with E-state index in [9.17, 15) is 19.2 Å². The van der Waals surface area contributed by atoms with Crippen molar-refractivity contribution in [3.63, 3.8) is 0 Å². The van der Waals surface area contributed by atoms with E-state index in [0.717, 1.165) is 0 Å². The Morgan fingerprint density at radius 1 is 0.464 bits per heavy atom. The van der Waals surface area contributed by atoms with Crippen molar-refractivity contribution in [1.82, 2.24) is 0 Å². The van der Waals surface area contributed by atoms with Gasteiger partial charge in [-0.15, -0.1) is 0 Å². The number of rotatable bonds is 4. The zero-order valence-electron chi connectivity index (χ0n) is 15.7. The van der Waals surface area contributed by atoms with Gasteiger partial charge in [0.15, 0.2) is 0 Å². The second-order valence-electron chi connectivity index (χ2n) is 6.04. The van der Waals surface area contributed by atoms with Gasteiger partial charge in [0.1, 0.15) is 0 Å². The topological polar surface area (TPSA) is 149 Å². The van der Waals surface area contributed by atoms with Crippen LogP contribution in [0.4, 0.5) is 0 Å². The standard InChI is InChI=1S/2C10H10O4/c2*1-5-6(2)8(10(13)14)4-3-7(5)9(11)12/h2*3-4H,1-2H3,(H,11,12)(H,13,14). The van der Waals surface area contributed by atoms with Gasteiger partial charge < -0.3 is 20.4 Å². The minimum atomic E-state index is -1.04. The third-order valence-electron chi connectivity index (χ3n) is 4.50. The number of benzene rings is 2. The first kappa shape index (κ1) is 22.4. The monoisotopic (exact) mass is 388 g/mol. The number of hydrogen-bond donors (Lipinski definition) is 4. The minimum Gasteiger partial charge on any atom is -0.478 e. The Morgan fingerprint density at radius 2 is 0.607 bits per heavy atom. The first-order valence-corrected chi connectivity index (χ1v) is 8.03. The molecule has 0 heterocycles. The summed E-state index contributed by atoms with van der Waals surface area (Å²) >= 11 is 0. The summed E-state index contributed by atoms with van der Waals surface area (Å²) in [7, 11) is 0. The average Bonchev–Trinajstić information content (AvgIpc) is 2.58. The molecule has 2 aromatic rings. The molecule has 0 aliphatic carbocycles. The van der Waals surface area contributed by atoms with Crippen LogP contribution >= 0.6 is 0 Å². The fourth-order valence-electron chi connectivity index (χ4n) is 2.57. The van der Waals surface area contributed by atoms with Gasteiger partial charge in [0.2, 0.25) is 0 Å². The Bertz CT molecular complexity index is 815. The maximum atomic E-state index is 10.7. The lowest BCUT2D eigenvalue weighted by Crippen LogP contribution is -2.06. The molecule has 8 nitrogen and oxygen atoms in total. The van der Waals surface area contributed by atoms with Crippen molar-refractivity contribution in [2.45, 2.75) is 27.7 Å². The molecule has 0 radical (unpaired) electrons. The predicted octanol–water partition coefficient (Wildman–Crippen LogP) is 3.40. The first-order chi connectivity index (χ1) is 12.9. The molecule has 0 spiro atoms. The van der Waals surface area contributed by atoms with E-state index in [-0.39, 0.29) is 22.3 Å². The summed E-state index contributed by atoms with van der Waals surface area (Å²) in [5.41, 5.74) is 2.57. The van der Waals surface area contributed by atoms with Crippen molar-refractivity contribution in [2.75, 3.05) is 0 Å². The lowest BCUT2D eigenvalue weighted by Gasteiger charge is -2.07. The molecule has 0 aliphatic rings. The molecule has 28 heavy (non-hydrogen) atoms. The second-order valence-corrected chi connectivity index (χ2v) is 6.04. The zero-order valence-corrected chi connectivity index (χ0v) is 15.7. The summed E-state index contributed by atoms with van der Waals surface area (Å²) in [4.78, 5) is 42.8. The Hall–Kier alpha value is -3.68. The first-order valence-electron chi connectivity index (χ1n) is 8.03. The van der Waals surface area contributed by atoms with Gasteiger partial charge in [-0.25, -0.2) is 19.2 Å². The van der Waals surface area contributed by atoms with Gasteiger partial charge in [-0.1, -0.05) is 0 Å². The van der Waals surface area contributed by atoms with Gasteiger partial charge in [-0.3, -0.25) is 0 Å². The average molecular weight is 388 g/mol. The summed E-state index contributed by atoms with van der Waals surface area (Å²) in [6.07, 6.45) is 0. The van der Waals surface area contributed by atoms with Crippen LogP contribution in [0.1, 0.15) is 63.7 Å². The highest BCUT2D eigenvalue weighted by Crippen LogP contribution is 2.18. The van der Waals surface area contributed by atoms with E-state index in [1.165, 1.54) is 24.3 Å². The molecule has 148 valence electrons. The number of carboxylic acids is 4. The molecule has 0 amide bonds. The van der Waals surface area contributed by atoms with Gasteiger partial charge in [-0.2, -0.15) is 0 Å². The Labute approximate surface area is 160 Å². The van der Waals surface area contributed by atoms with Crippen molar-refractivity contribution in [3.8, 4) is 0 Å². The summed E-state index contributed by atoms with van der Waals surface area (Å²) in [5, 5.41) is 35.1. The molecule has 0 bridgehead atoms. The van der Waals surface area contributed by atoms with E-state index >= 15 is 0 Å². The molecule has 0 atom stereocenters. The van der Waals surface area contributed by atoms with Crippen LogP contribution in [0.5, 0.6) is 0 Å². The third-order valence-corrected chi connectivity index (χ3v) is 4.50. The van der Waals surface area contributed by atoms with Crippen LogP contribution in [-0.2, 0) is 0 Å². The van der Waals surface area contributed by atoms with Crippen LogP contribution in [-0.4, -0.2) is 44.3 Å². The normalized spacial score (nSPS) is 9.86. The molecule has 0 aromatic heterocycles. The smallest absolute Gasteiger partial charge is 0.335 e. The van der Waals surface area contributed by atoms with E-state index < -0.39 is 23.9 Å². The van der Waals surface area contributed by atoms with Crippen molar-refractivity contribution < 1.29 is 39.6 Å². The van der Waals surface area contributed by atoms with E-state index in [2.05, 4.69) is 0 Å². The summed E-state index contributed by atoms with van der Waals surface area (Å²) < 4.78 is 0. The fourth-order valence-corrected chi connectivity index (χ4v) is 2.57. The summed E-state index contributed by atoms with van der Waals surface area (Å²) in [5.74, 6) is -4.16. The van der Waals surface area contributed by atoms with E-state index in [4.69, 9.17) is 20.4 Å². The molecular weight excluding hydrogens is 368 g/mol. The molecule has 0 unspecified atom stereocenters. The molecule has 0 saturated heterocycles. The molecule has 8 heteroatoms. The van der Waals surface area contributed by atoms with Crippen LogP contribution in [0.15, 0.2) is 24.3 Å². The van der Waals surface area contributed by atoms with Crippen LogP contribution in [0.3, 0.4) is 0 Å². The minimum absolute atomic E-state index is 0.146. The molecule has 0 fully saturated rings. The van der Waals surface area contributed by atoms with Crippen LogP contribution in [0, 0.1) is 27.7 Å². The quantitative estimate of drug-likeness (QED) is 0.622. The molecule has 2 rings (SSSR count). The number of carboxylic acid groups (broad SMARTS) is 4. The maximum Gasteiger partial charge on any atom is 0.335 e. The lowest BCUT2D eigenvalue weighted by molar-refractivity contribution is 0.0679. The fraction of sp³-hybridized carbons (Fsp3) is 0.200. The highest BCUT2D eigenvalue weighted by Gasteiger charge is 2.15. The predicted molar refractivity (Wildman–Crippen MR) is 99.7 cm³/mol. The van der Waals surface area contributed by atoms with Gasteiger partial charge in [0.25, 0.3) is 0 Å². The van der Waals surface area contributed by atoms with E-state index in [0.29, 0.717) is 22.3 Å². The summed E-state index contributed by atoms with van der Waals surface area (Å²) in [6, 6.07) is 5.25. The van der Waals surface area contributed by atoms with Crippen LogP contribution in [0.25, 0.3) is 0 Å². The Kier molecular flexibility index (Phi) is 7.03. The largest absolute Gasteiger partial charge is 0.478 e. The van der Waals surface area contributed by atoms with Crippen LogP contribution < -0.4 is 0 Å². The lowest BCUT2D eigenvalue weighted by atomic mass is 9.98. The van der Waals surface area contributed by atoms with Gasteiger partial charge in [0, 0.05) is 0 Å². The SMILES string of the molecule is Cc1c(C(=O)O)ccc(C(=O)O)c1C.Cc1c(C(=O)O)ccc(C(=O)O)c1C. The van der Waals surface area contributed by atoms with Crippen molar-refractivity contribution in [2.24, 2.45) is 0 Å².